The van der Waals surface area contributed by atoms with E-state index >= 15 is 0 Å². The molecule has 1 N–H and O–H groups in total. The molecule has 0 aromatic heterocycles. The molecule has 0 aliphatic carbocycles. The number of nitrogens with one attached hydrogen (secondary N) is 1. The minimum atomic E-state index is -0.490. The van der Waals surface area contributed by atoms with Crippen LogP contribution in [0.3, 0.4) is 0 Å². The average Bonchev–Trinajstić information content (AvgIpc) is 2.83. The van der Waals surface area contributed by atoms with Gasteiger partial charge in [-0.25, -0.2) is 0 Å². The largest absolute Gasteiger partial charge is 0.490 e. The first-order valence-corrected chi connectivity index (χ1v) is 11.7. The van der Waals surface area contributed by atoms with Crippen molar-refractivity contribution in [1.82, 2.24) is 0 Å². The van der Waals surface area contributed by atoms with Crippen LogP contribution >= 0.6 is 22.6 Å². The minimum Gasteiger partial charge on any atom is -0.490 e. The van der Waals surface area contributed by atoms with Crippen molar-refractivity contribution in [3.05, 3.63) is 91.0 Å². The molecule has 3 aromatic carbocycles. The second kappa shape index (κ2) is 12.0. The van der Waals surface area contributed by atoms with Gasteiger partial charge in [-0.15, -0.1) is 0 Å². The lowest BCUT2D eigenvalue weighted by molar-refractivity contribution is -0.384. The number of ether oxygens (including phenoxy) is 2. The molecule has 0 unspecified atom stereocenters. The lowest BCUT2D eigenvalue weighted by Crippen LogP contribution is -2.21. The lowest BCUT2D eigenvalue weighted by Gasteiger charge is -2.15. The normalized spacial score (nSPS) is 10.9. The van der Waals surface area contributed by atoms with Gasteiger partial charge < -0.3 is 14.8 Å². The lowest BCUT2D eigenvalue weighted by atomic mass is 10.0. The SMILES string of the molecule is CCOc1cc(/C=C(\C#N)c2ccc([N+](=O)[O-])cc2)cc(I)c1OCC(=O)Nc1ccccc1C. The quantitative estimate of drug-likeness (QED) is 0.109. The van der Waals surface area contributed by atoms with Crippen molar-refractivity contribution in [2.45, 2.75) is 13.8 Å². The van der Waals surface area contributed by atoms with Gasteiger partial charge in [0, 0.05) is 17.8 Å². The molecule has 0 heterocycles. The predicted octanol–water partition coefficient (Wildman–Crippen LogP) is 5.99. The van der Waals surface area contributed by atoms with E-state index in [1.807, 2.05) is 38.1 Å². The molecule has 3 aromatic rings. The van der Waals surface area contributed by atoms with Crippen LogP contribution in [0, 0.1) is 31.9 Å². The van der Waals surface area contributed by atoms with Crippen LogP contribution in [-0.2, 0) is 4.79 Å². The van der Waals surface area contributed by atoms with Gasteiger partial charge in [0.1, 0.15) is 0 Å². The zero-order valence-corrected chi connectivity index (χ0v) is 21.2. The molecule has 178 valence electrons. The number of rotatable bonds is 9. The summed E-state index contributed by atoms with van der Waals surface area (Å²) in [6.07, 6.45) is 1.67. The zero-order chi connectivity index (χ0) is 25.4. The summed E-state index contributed by atoms with van der Waals surface area (Å²) in [5, 5.41) is 23.4. The fourth-order valence-corrected chi connectivity index (χ4v) is 4.00. The number of nitrogens with zero attached hydrogens (tertiary/aromatic N) is 2. The molecule has 1 amide bonds. The number of para-hydroxylation sites is 1. The van der Waals surface area contributed by atoms with Crippen molar-refractivity contribution in [3.63, 3.8) is 0 Å². The molecule has 0 saturated carbocycles. The molecule has 0 aliphatic rings. The van der Waals surface area contributed by atoms with Crippen LogP contribution in [0.4, 0.5) is 11.4 Å². The molecule has 0 fully saturated rings. The third-order valence-corrected chi connectivity index (χ3v) is 5.72. The van der Waals surface area contributed by atoms with E-state index in [4.69, 9.17) is 9.47 Å². The van der Waals surface area contributed by atoms with E-state index in [-0.39, 0.29) is 18.2 Å². The van der Waals surface area contributed by atoms with E-state index < -0.39 is 4.92 Å². The summed E-state index contributed by atoms with van der Waals surface area (Å²) < 4.78 is 12.2. The number of carbonyl (C=O) groups excluding carboxylic acids is 1. The molecule has 9 heteroatoms. The fourth-order valence-electron chi connectivity index (χ4n) is 3.22. The van der Waals surface area contributed by atoms with E-state index in [9.17, 15) is 20.2 Å². The topological polar surface area (TPSA) is 114 Å². The summed E-state index contributed by atoms with van der Waals surface area (Å²) >= 11 is 2.09. The number of nitro groups is 1. The summed E-state index contributed by atoms with van der Waals surface area (Å²) in [4.78, 5) is 22.8. The van der Waals surface area contributed by atoms with Crippen LogP contribution in [0.25, 0.3) is 11.6 Å². The predicted molar refractivity (Wildman–Crippen MR) is 142 cm³/mol. The maximum absolute atomic E-state index is 12.4. The number of nitro benzene ring substituents is 1. The third kappa shape index (κ3) is 6.80. The number of aryl methyl sites for hydroxylation is 1. The monoisotopic (exact) mass is 583 g/mol. The maximum Gasteiger partial charge on any atom is 0.269 e. The number of hydrogen-bond donors (Lipinski definition) is 1. The Labute approximate surface area is 216 Å². The van der Waals surface area contributed by atoms with Crippen molar-refractivity contribution >= 4 is 51.5 Å². The standard InChI is InChI=1S/C26H22IN3O5/c1-3-34-24-14-18(12-20(15-28)19-8-10-21(11-9-19)30(32)33)13-22(27)26(24)35-16-25(31)29-23-7-5-4-6-17(23)2/h4-14H,3,16H2,1-2H3,(H,29,31)/b20-12+. The van der Waals surface area contributed by atoms with Gasteiger partial charge in [0.15, 0.2) is 18.1 Å². The van der Waals surface area contributed by atoms with Crippen molar-refractivity contribution in [1.29, 1.82) is 5.26 Å². The number of amides is 1. The molecule has 8 nitrogen and oxygen atoms in total. The number of non-ortho nitro benzene ring substituents is 1. The second-order valence-corrected chi connectivity index (χ2v) is 8.55. The highest BCUT2D eigenvalue weighted by atomic mass is 127. The molecule has 3 rings (SSSR count). The van der Waals surface area contributed by atoms with Gasteiger partial charge in [-0.2, -0.15) is 5.26 Å². The number of halogens is 1. The fraction of sp³-hybridized carbons (Fsp3) is 0.154. The van der Waals surface area contributed by atoms with Gasteiger partial charge in [0.25, 0.3) is 11.6 Å². The Balaban J connectivity index is 1.82. The van der Waals surface area contributed by atoms with E-state index in [0.29, 0.717) is 38.4 Å². The molecule has 0 spiro atoms. The van der Waals surface area contributed by atoms with Crippen LogP contribution in [0.2, 0.25) is 0 Å². The van der Waals surface area contributed by atoms with Crippen molar-refractivity contribution in [3.8, 4) is 17.6 Å². The van der Waals surface area contributed by atoms with Crippen LogP contribution in [-0.4, -0.2) is 24.0 Å². The molecular weight excluding hydrogens is 561 g/mol. The summed E-state index contributed by atoms with van der Waals surface area (Å²) in [5.41, 5.74) is 3.19. The van der Waals surface area contributed by atoms with Crippen LogP contribution in [0.5, 0.6) is 11.5 Å². The number of anilines is 1. The van der Waals surface area contributed by atoms with Gasteiger partial charge in [0.05, 0.1) is 26.7 Å². The highest BCUT2D eigenvalue weighted by Crippen LogP contribution is 2.35. The molecule has 0 atom stereocenters. The summed E-state index contributed by atoms with van der Waals surface area (Å²) in [7, 11) is 0. The van der Waals surface area contributed by atoms with Gasteiger partial charge in [-0.1, -0.05) is 18.2 Å². The van der Waals surface area contributed by atoms with Crippen LogP contribution < -0.4 is 14.8 Å². The van der Waals surface area contributed by atoms with E-state index in [1.54, 1.807) is 18.2 Å². The Morgan fingerprint density at radius 2 is 1.89 bits per heavy atom. The molecule has 35 heavy (non-hydrogen) atoms. The van der Waals surface area contributed by atoms with Crippen molar-refractivity contribution < 1.29 is 19.2 Å². The summed E-state index contributed by atoms with van der Waals surface area (Å²) in [6, 6.07) is 18.9. The highest BCUT2D eigenvalue weighted by molar-refractivity contribution is 14.1. The average molecular weight is 583 g/mol. The highest BCUT2D eigenvalue weighted by Gasteiger charge is 2.15. The Bertz CT molecular complexity index is 1310. The Kier molecular flexibility index (Phi) is 8.80. The molecule has 0 bridgehead atoms. The van der Waals surface area contributed by atoms with Crippen LogP contribution in [0.1, 0.15) is 23.6 Å². The first kappa shape index (κ1) is 25.7. The first-order chi connectivity index (χ1) is 16.8. The zero-order valence-electron chi connectivity index (χ0n) is 19.1. The van der Waals surface area contributed by atoms with Crippen molar-refractivity contribution in [2.75, 3.05) is 18.5 Å². The van der Waals surface area contributed by atoms with Crippen LogP contribution in [0.15, 0.2) is 60.7 Å². The number of hydrogen-bond acceptors (Lipinski definition) is 6. The molecular formula is C26H22IN3O5. The second-order valence-electron chi connectivity index (χ2n) is 7.39. The Morgan fingerprint density at radius 1 is 1.17 bits per heavy atom. The van der Waals surface area contributed by atoms with E-state index in [1.165, 1.54) is 24.3 Å². The number of allylic oxidation sites excluding steroid dienone is 1. The first-order valence-electron chi connectivity index (χ1n) is 10.6. The molecule has 0 radical (unpaired) electrons. The Morgan fingerprint density at radius 3 is 2.51 bits per heavy atom. The smallest absolute Gasteiger partial charge is 0.269 e. The molecule has 0 saturated heterocycles. The molecule has 0 aliphatic heterocycles. The van der Waals surface area contributed by atoms with Gasteiger partial charge in [-0.05, 0) is 89.5 Å². The van der Waals surface area contributed by atoms with Gasteiger partial charge in [0.2, 0.25) is 0 Å². The number of benzene rings is 3. The Hall–Kier alpha value is -3.91. The summed E-state index contributed by atoms with van der Waals surface area (Å²) in [6.45, 7) is 3.92. The number of nitriles is 1. The van der Waals surface area contributed by atoms with Gasteiger partial charge in [-0.3, -0.25) is 14.9 Å². The third-order valence-electron chi connectivity index (χ3n) is 4.92. The summed E-state index contributed by atoms with van der Waals surface area (Å²) in [5.74, 6) is 0.570. The van der Waals surface area contributed by atoms with Crippen molar-refractivity contribution in [2.24, 2.45) is 0 Å². The maximum atomic E-state index is 12.4. The van der Waals surface area contributed by atoms with Gasteiger partial charge >= 0.3 is 0 Å². The number of carbonyl (C=O) groups is 1. The van der Waals surface area contributed by atoms with E-state index in [2.05, 4.69) is 34.0 Å². The minimum absolute atomic E-state index is 0.0489. The van der Waals surface area contributed by atoms with E-state index in [0.717, 1.165) is 11.3 Å².